The van der Waals surface area contributed by atoms with E-state index in [9.17, 15) is 13.2 Å². The van der Waals surface area contributed by atoms with Crippen LogP contribution in [-0.4, -0.2) is 85.3 Å². The van der Waals surface area contributed by atoms with E-state index in [2.05, 4.69) is 0 Å². The van der Waals surface area contributed by atoms with Crippen molar-refractivity contribution in [2.24, 2.45) is 0 Å². The van der Waals surface area contributed by atoms with Crippen LogP contribution in [0.3, 0.4) is 0 Å². The van der Waals surface area contributed by atoms with Crippen LogP contribution in [0.4, 0.5) is 0 Å². The summed E-state index contributed by atoms with van der Waals surface area (Å²) in [6, 6.07) is 6.70. The van der Waals surface area contributed by atoms with Crippen LogP contribution in [0.2, 0.25) is 0 Å². The van der Waals surface area contributed by atoms with Crippen LogP contribution in [0, 0.1) is 0 Å². The summed E-state index contributed by atoms with van der Waals surface area (Å²) in [5.41, 5.74) is 2.75. The first-order chi connectivity index (χ1) is 18.3. The van der Waals surface area contributed by atoms with E-state index in [4.69, 9.17) is 23.7 Å². The molecule has 4 rings (SSSR count). The minimum atomic E-state index is -3.85. The van der Waals surface area contributed by atoms with E-state index in [1.54, 1.807) is 19.1 Å². The van der Waals surface area contributed by atoms with Gasteiger partial charge in [0, 0.05) is 43.9 Å². The average molecular weight is 547 g/mol. The summed E-state index contributed by atoms with van der Waals surface area (Å²) >= 11 is 0. The van der Waals surface area contributed by atoms with Crippen LogP contribution in [0.5, 0.6) is 28.7 Å². The van der Waals surface area contributed by atoms with Gasteiger partial charge >= 0.3 is 0 Å². The Kier molecular flexibility index (Phi) is 8.37. The van der Waals surface area contributed by atoms with Gasteiger partial charge in [0.25, 0.3) is 0 Å². The number of sulfonamides is 1. The molecule has 1 fully saturated rings. The highest BCUT2D eigenvalue weighted by molar-refractivity contribution is 7.89. The molecule has 0 spiro atoms. The molecule has 1 amide bonds. The molecular formula is C27H34N2O8S. The standard InChI is InChI=1S/C27H34N2O8S/c1-33-22-14-18-7-6-8-19(13-20(18)15-23(22)34-2)27(30)28-9-11-29(12-10-28)38(31,32)21-16-24(35-3)26(37-5)25(17-21)36-4/h13-17H,6-12H2,1-5H3. The lowest BCUT2D eigenvalue weighted by molar-refractivity contribution is -0.128. The molecule has 38 heavy (non-hydrogen) atoms. The van der Waals surface area contributed by atoms with Crippen LogP contribution in [0.15, 0.2) is 34.7 Å². The van der Waals surface area contributed by atoms with Gasteiger partial charge in [0.15, 0.2) is 23.0 Å². The van der Waals surface area contributed by atoms with E-state index in [1.165, 1.54) is 37.8 Å². The molecule has 0 bridgehead atoms. The van der Waals surface area contributed by atoms with Gasteiger partial charge in [0.1, 0.15) is 0 Å². The van der Waals surface area contributed by atoms with Crippen molar-refractivity contribution in [1.29, 1.82) is 0 Å². The topological polar surface area (TPSA) is 104 Å². The number of rotatable bonds is 8. The first-order valence-electron chi connectivity index (χ1n) is 12.3. The van der Waals surface area contributed by atoms with E-state index in [1.807, 2.05) is 18.2 Å². The number of carbonyl (C=O) groups excluding carboxylic acids is 1. The molecule has 11 heteroatoms. The summed E-state index contributed by atoms with van der Waals surface area (Å²) in [6.07, 6.45) is 4.22. The van der Waals surface area contributed by atoms with Crippen molar-refractivity contribution >= 4 is 22.0 Å². The Labute approximate surface area is 223 Å². The van der Waals surface area contributed by atoms with Crippen molar-refractivity contribution in [3.8, 4) is 28.7 Å². The van der Waals surface area contributed by atoms with Crippen molar-refractivity contribution < 1.29 is 36.9 Å². The zero-order valence-electron chi connectivity index (χ0n) is 22.4. The number of piperazine rings is 1. The number of aryl methyl sites for hydroxylation is 1. The molecule has 10 nitrogen and oxygen atoms in total. The SMILES string of the molecule is COc1cc2c(cc1OC)CCCC(C(=O)N1CCN(S(=O)(=O)c3cc(OC)c(OC)c(OC)c3)CC1)=C2. The lowest BCUT2D eigenvalue weighted by atomic mass is 10.0. The Morgan fingerprint density at radius 2 is 1.32 bits per heavy atom. The fourth-order valence-electron chi connectivity index (χ4n) is 4.88. The smallest absolute Gasteiger partial charge is 0.249 e. The highest BCUT2D eigenvalue weighted by Crippen LogP contribution is 2.40. The molecule has 0 saturated carbocycles. The average Bonchev–Trinajstić information content (AvgIpc) is 3.16. The lowest BCUT2D eigenvalue weighted by Gasteiger charge is -2.34. The van der Waals surface area contributed by atoms with Crippen molar-refractivity contribution in [1.82, 2.24) is 9.21 Å². The Bertz CT molecular complexity index is 1310. The van der Waals surface area contributed by atoms with Crippen molar-refractivity contribution in [2.75, 3.05) is 61.7 Å². The molecule has 0 radical (unpaired) electrons. The first kappa shape index (κ1) is 27.6. The number of hydrogen-bond donors (Lipinski definition) is 0. The molecule has 1 heterocycles. The third-order valence-electron chi connectivity index (χ3n) is 6.94. The summed E-state index contributed by atoms with van der Waals surface area (Å²) in [4.78, 5) is 15.2. The first-order valence-corrected chi connectivity index (χ1v) is 13.8. The summed E-state index contributed by atoms with van der Waals surface area (Å²) in [5, 5.41) is 0. The van der Waals surface area contributed by atoms with Crippen LogP contribution in [-0.2, 0) is 21.2 Å². The molecule has 0 aromatic heterocycles. The Hall–Kier alpha value is -3.44. The van der Waals surface area contributed by atoms with Gasteiger partial charge in [-0.3, -0.25) is 4.79 Å². The normalized spacial score (nSPS) is 16.1. The van der Waals surface area contributed by atoms with Crippen molar-refractivity contribution in [3.63, 3.8) is 0 Å². The summed E-state index contributed by atoms with van der Waals surface area (Å²) < 4.78 is 55.1. The largest absolute Gasteiger partial charge is 0.493 e. The molecule has 2 aromatic carbocycles. The molecular weight excluding hydrogens is 512 g/mol. The molecule has 0 N–H and O–H groups in total. The lowest BCUT2D eigenvalue weighted by Crippen LogP contribution is -2.50. The van der Waals surface area contributed by atoms with Gasteiger partial charge in [0.2, 0.25) is 21.7 Å². The number of benzene rings is 2. The Balaban J connectivity index is 1.51. The Morgan fingerprint density at radius 3 is 1.87 bits per heavy atom. The van der Waals surface area contributed by atoms with Gasteiger partial charge < -0.3 is 28.6 Å². The molecule has 2 aliphatic rings. The van der Waals surface area contributed by atoms with Gasteiger partial charge in [0.05, 0.1) is 40.4 Å². The second-order valence-corrected chi connectivity index (χ2v) is 10.9. The minimum absolute atomic E-state index is 0.0410. The monoisotopic (exact) mass is 546 g/mol. The predicted octanol–water partition coefficient (Wildman–Crippen LogP) is 2.98. The van der Waals surface area contributed by atoms with Crippen LogP contribution in [0.25, 0.3) is 6.08 Å². The predicted molar refractivity (Wildman–Crippen MR) is 142 cm³/mol. The van der Waals surface area contributed by atoms with E-state index in [-0.39, 0.29) is 35.4 Å². The molecule has 0 unspecified atom stereocenters. The van der Waals surface area contributed by atoms with Crippen LogP contribution in [0.1, 0.15) is 24.0 Å². The van der Waals surface area contributed by atoms with Gasteiger partial charge in [-0.25, -0.2) is 8.42 Å². The third-order valence-corrected chi connectivity index (χ3v) is 8.82. The maximum atomic E-state index is 13.4. The summed E-state index contributed by atoms with van der Waals surface area (Å²) in [7, 11) is 3.67. The number of fused-ring (bicyclic) bond motifs is 1. The number of ether oxygens (including phenoxy) is 5. The molecule has 0 atom stereocenters. The van der Waals surface area contributed by atoms with E-state index >= 15 is 0 Å². The molecule has 1 aliphatic carbocycles. The second kappa shape index (κ2) is 11.5. The van der Waals surface area contributed by atoms with Crippen LogP contribution < -0.4 is 23.7 Å². The van der Waals surface area contributed by atoms with Gasteiger partial charge in [-0.2, -0.15) is 4.31 Å². The fourth-order valence-corrected chi connectivity index (χ4v) is 6.33. The number of amides is 1. The number of hydrogen-bond acceptors (Lipinski definition) is 8. The van der Waals surface area contributed by atoms with Crippen LogP contribution >= 0.6 is 0 Å². The van der Waals surface area contributed by atoms with Gasteiger partial charge in [-0.15, -0.1) is 0 Å². The molecule has 2 aromatic rings. The second-order valence-electron chi connectivity index (χ2n) is 8.99. The number of methoxy groups -OCH3 is 5. The molecule has 1 saturated heterocycles. The van der Waals surface area contributed by atoms with E-state index in [0.29, 0.717) is 42.3 Å². The number of nitrogens with zero attached hydrogens (tertiary/aromatic N) is 2. The van der Waals surface area contributed by atoms with Crippen molar-refractivity contribution in [2.45, 2.75) is 24.2 Å². The highest BCUT2D eigenvalue weighted by atomic mass is 32.2. The summed E-state index contributed by atoms with van der Waals surface area (Å²) in [6.45, 7) is 0.941. The quantitative estimate of drug-likeness (QED) is 0.498. The Morgan fingerprint density at radius 1 is 0.737 bits per heavy atom. The highest BCUT2D eigenvalue weighted by Gasteiger charge is 2.33. The summed E-state index contributed by atoms with van der Waals surface area (Å²) in [5.74, 6) is 2.04. The molecule has 1 aliphatic heterocycles. The van der Waals surface area contributed by atoms with Gasteiger partial charge in [-0.1, -0.05) is 0 Å². The molecule has 206 valence electrons. The fraction of sp³-hybridized carbons (Fsp3) is 0.444. The zero-order valence-corrected chi connectivity index (χ0v) is 23.2. The minimum Gasteiger partial charge on any atom is -0.493 e. The maximum absolute atomic E-state index is 13.4. The maximum Gasteiger partial charge on any atom is 0.249 e. The van der Waals surface area contributed by atoms with E-state index in [0.717, 1.165) is 24.0 Å². The number of carbonyl (C=O) groups is 1. The third kappa shape index (κ3) is 5.25. The zero-order chi connectivity index (χ0) is 27.4. The van der Waals surface area contributed by atoms with Crippen molar-refractivity contribution in [3.05, 3.63) is 41.0 Å². The van der Waals surface area contributed by atoms with E-state index < -0.39 is 10.0 Å². The van der Waals surface area contributed by atoms with Gasteiger partial charge in [-0.05, 0) is 48.6 Å².